The van der Waals surface area contributed by atoms with Gasteiger partial charge in [0.25, 0.3) is 5.69 Å². The SMILES string of the molecule is CC(C)n1c(CN)nnc1-c1cc(Br)cc([N+](=O)[O-])c1. The number of hydrogen-bond acceptors (Lipinski definition) is 5. The Hall–Kier alpha value is -1.80. The van der Waals surface area contributed by atoms with E-state index in [2.05, 4.69) is 26.1 Å². The average Bonchev–Trinajstić information content (AvgIpc) is 2.81. The summed E-state index contributed by atoms with van der Waals surface area (Å²) in [4.78, 5) is 10.5. The van der Waals surface area contributed by atoms with E-state index in [1.165, 1.54) is 12.1 Å². The molecule has 0 aliphatic heterocycles. The molecule has 0 amide bonds. The molecule has 106 valence electrons. The highest BCUT2D eigenvalue weighted by atomic mass is 79.9. The van der Waals surface area contributed by atoms with Gasteiger partial charge < -0.3 is 10.3 Å². The molecule has 1 heterocycles. The zero-order valence-corrected chi connectivity index (χ0v) is 12.7. The van der Waals surface area contributed by atoms with E-state index >= 15 is 0 Å². The van der Waals surface area contributed by atoms with Crippen LogP contribution in [-0.2, 0) is 6.54 Å². The zero-order valence-electron chi connectivity index (χ0n) is 11.1. The van der Waals surface area contributed by atoms with Crippen LogP contribution in [0.1, 0.15) is 25.7 Å². The molecule has 0 saturated heterocycles. The van der Waals surface area contributed by atoms with E-state index in [4.69, 9.17) is 5.73 Å². The first-order valence-corrected chi connectivity index (χ1v) is 6.82. The Labute approximate surface area is 124 Å². The largest absolute Gasteiger partial charge is 0.324 e. The molecule has 2 aromatic rings. The maximum absolute atomic E-state index is 10.9. The van der Waals surface area contributed by atoms with Crippen LogP contribution in [0.5, 0.6) is 0 Å². The maximum Gasteiger partial charge on any atom is 0.271 e. The van der Waals surface area contributed by atoms with Gasteiger partial charge in [0.2, 0.25) is 0 Å². The molecule has 2 rings (SSSR count). The van der Waals surface area contributed by atoms with Gasteiger partial charge in [-0.05, 0) is 19.9 Å². The predicted octanol–water partition coefficient (Wildman–Crippen LogP) is 2.66. The van der Waals surface area contributed by atoms with Crippen molar-refractivity contribution in [1.29, 1.82) is 0 Å². The van der Waals surface area contributed by atoms with Crippen molar-refractivity contribution >= 4 is 21.6 Å². The number of hydrogen-bond donors (Lipinski definition) is 1. The molecule has 0 atom stereocenters. The smallest absolute Gasteiger partial charge is 0.271 e. The standard InChI is InChI=1S/C12H14BrN5O2/c1-7(2)17-11(6-14)15-16-12(17)8-3-9(13)5-10(4-8)18(19)20/h3-5,7H,6,14H2,1-2H3. The molecular formula is C12H14BrN5O2. The fourth-order valence-corrected chi connectivity index (χ4v) is 2.49. The van der Waals surface area contributed by atoms with E-state index in [1.54, 1.807) is 6.07 Å². The molecule has 7 nitrogen and oxygen atoms in total. The maximum atomic E-state index is 10.9. The van der Waals surface area contributed by atoms with Crippen molar-refractivity contribution < 1.29 is 4.92 Å². The molecule has 0 radical (unpaired) electrons. The monoisotopic (exact) mass is 339 g/mol. The highest BCUT2D eigenvalue weighted by Crippen LogP contribution is 2.29. The fraction of sp³-hybridized carbons (Fsp3) is 0.333. The molecule has 8 heteroatoms. The number of nitrogens with zero attached hydrogens (tertiary/aromatic N) is 4. The molecule has 1 aromatic heterocycles. The van der Waals surface area contributed by atoms with Crippen LogP contribution in [0.3, 0.4) is 0 Å². The minimum atomic E-state index is -0.436. The summed E-state index contributed by atoms with van der Waals surface area (Å²) in [6.45, 7) is 4.23. The van der Waals surface area contributed by atoms with E-state index in [0.29, 0.717) is 21.7 Å². The Morgan fingerprint density at radius 1 is 1.40 bits per heavy atom. The van der Waals surface area contributed by atoms with Crippen LogP contribution in [0.2, 0.25) is 0 Å². The summed E-state index contributed by atoms with van der Waals surface area (Å²) in [7, 11) is 0. The van der Waals surface area contributed by atoms with Gasteiger partial charge in [0, 0.05) is 28.2 Å². The summed E-state index contributed by atoms with van der Waals surface area (Å²) in [5.74, 6) is 1.22. The summed E-state index contributed by atoms with van der Waals surface area (Å²) in [6, 6.07) is 4.81. The molecule has 2 N–H and O–H groups in total. The number of nitro benzene ring substituents is 1. The minimum absolute atomic E-state index is 0.00183. The van der Waals surface area contributed by atoms with Gasteiger partial charge in [-0.25, -0.2) is 0 Å². The Balaban J connectivity index is 2.62. The lowest BCUT2D eigenvalue weighted by Crippen LogP contribution is -2.11. The predicted molar refractivity (Wildman–Crippen MR) is 78.1 cm³/mol. The Bertz CT molecular complexity index is 653. The molecule has 0 saturated carbocycles. The van der Waals surface area contributed by atoms with Crippen LogP contribution in [-0.4, -0.2) is 19.7 Å². The topological polar surface area (TPSA) is 99.9 Å². The third-order valence-electron chi connectivity index (χ3n) is 2.82. The van der Waals surface area contributed by atoms with Crippen LogP contribution < -0.4 is 5.73 Å². The number of rotatable bonds is 4. The molecule has 0 aliphatic rings. The van der Waals surface area contributed by atoms with Crippen molar-refractivity contribution in [3.8, 4) is 11.4 Å². The summed E-state index contributed by atoms with van der Waals surface area (Å²) >= 11 is 3.28. The van der Waals surface area contributed by atoms with Crippen molar-refractivity contribution in [3.63, 3.8) is 0 Å². The number of nitro groups is 1. The summed E-state index contributed by atoms with van der Waals surface area (Å²) < 4.78 is 2.50. The number of nitrogens with two attached hydrogens (primary N) is 1. The lowest BCUT2D eigenvalue weighted by atomic mass is 10.2. The second-order valence-corrected chi connectivity index (χ2v) is 5.48. The Morgan fingerprint density at radius 3 is 2.65 bits per heavy atom. The first-order valence-electron chi connectivity index (χ1n) is 6.03. The van der Waals surface area contributed by atoms with Gasteiger partial charge in [-0.1, -0.05) is 15.9 Å². The molecule has 0 bridgehead atoms. The van der Waals surface area contributed by atoms with Crippen molar-refractivity contribution in [3.05, 3.63) is 38.6 Å². The molecule has 0 spiro atoms. The average molecular weight is 340 g/mol. The fourth-order valence-electron chi connectivity index (χ4n) is 2.01. The van der Waals surface area contributed by atoms with Crippen LogP contribution in [0.25, 0.3) is 11.4 Å². The van der Waals surface area contributed by atoms with Gasteiger partial charge in [-0.2, -0.15) is 0 Å². The Kier molecular flexibility index (Phi) is 4.15. The van der Waals surface area contributed by atoms with E-state index in [0.717, 1.165) is 0 Å². The van der Waals surface area contributed by atoms with E-state index in [9.17, 15) is 10.1 Å². The first kappa shape index (κ1) is 14.6. The molecule has 0 aliphatic carbocycles. The van der Waals surface area contributed by atoms with Crippen LogP contribution in [0, 0.1) is 10.1 Å². The van der Waals surface area contributed by atoms with Gasteiger partial charge in [-0.15, -0.1) is 10.2 Å². The van der Waals surface area contributed by atoms with Gasteiger partial charge >= 0.3 is 0 Å². The zero-order chi connectivity index (χ0) is 14.9. The third-order valence-corrected chi connectivity index (χ3v) is 3.27. The lowest BCUT2D eigenvalue weighted by Gasteiger charge is -2.13. The number of benzene rings is 1. The van der Waals surface area contributed by atoms with E-state index in [-0.39, 0.29) is 18.3 Å². The highest BCUT2D eigenvalue weighted by molar-refractivity contribution is 9.10. The van der Waals surface area contributed by atoms with Crippen LogP contribution in [0.15, 0.2) is 22.7 Å². The van der Waals surface area contributed by atoms with Crippen LogP contribution >= 0.6 is 15.9 Å². The van der Waals surface area contributed by atoms with Gasteiger partial charge in [0.15, 0.2) is 5.82 Å². The van der Waals surface area contributed by atoms with Crippen molar-refractivity contribution in [2.75, 3.05) is 0 Å². The van der Waals surface area contributed by atoms with Gasteiger partial charge in [0.1, 0.15) is 5.82 Å². The second-order valence-electron chi connectivity index (χ2n) is 4.56. The summed E-state index contributed by atoms with van der Waals surface area (Å²) in [5.41, 5.74) is 6.28. The van der Waals surface area contributed by atoms with E-state index in [1.807, 2.05) is 18.4 Å². The number of halogens is 1. The molecule has 1 aromatic carbocycles. The van der Waals surface area contributed by atoms with Crippen molar-refractivity contribution in [2.45, 2.75) is 26.4 Å². The molecule has 0 unspecified atom stereocenters. The van der Waals surface area contributed by atoms with Gasteiger partial charge in [0.05, 0.1) is 11.5 Å². The number of non-ortho nitro benzene ring substituents is 1. The molecular weight excluding hydrogens is 326 g/mol. The van der Waals surface area contributed by atoms with Crippen LogP contribution in [0.4, 0.5) is 5.69 Å². The van der Waals surface area contributed by atoms with Crippen molar-refractivity contribution in [2.24, 2.45) is 5.73 Å². The molecule has 0 fully saturated rings. The summed E-state index contributed by atoms with van der Waals surface area (Å²) in [6.07, 6.45) is 0. The molecule has 20 heavy (non-hydrogen) atoms. The first-order chi connectivity index (χ1) is 9.43. The summed E-state index contributed by atoms with van der Waals surface area (Å²) in [5, 5.41) is 19.1. The van der Waals surface area contributed by atoms with E-state index < -0.39 is 4.92 Å². The normalized spacial score (nSPS) is 11.1. The third kappa shape index (κ3) is 2.70. The minimum Gasteiger partial charge on any atom is -0.324 e. The van der Waals surface area contributed by atoms with Crippen molar-refractivity contribution in [1.82, 2.24) is 14.8 Å². The quantitative estimate of drug-likeness (QED) is 0.681. The Morgan fingerprint density at radius 2 is 2.10 bits per heavy atom. The highest BCUT2D eigenvalue weighted by Gasteiger charge is 2.18. The second kappa shape index (κ2) is 5.68. The lowest BCUT2D eigenvalue weighted by molar-refractivity contribution is -0.384. The van der Waals surface area contributed by atoms with Gasteiger partial charge in [-0.3, -0.25) is 10.1 Å². The number of aromatic nitrogens is 3.